The number of rotatable bonds is 9. The molecule has 32 heavy (non-hydrogen) atoms. The van der Waals surface area contributed by atoms with Crippen LogP contribution in [0.1, 0.15) is 35.9 Å². The molecule has 0 aliphatic heterocycles. The number of carboxylic acids is 1. The Morgan fingerprint density at radius 3 is 2.47 bits per heavy atom. The first-order valence-electron chi connectivity index (χ1n) is 10.2. The summed E-state index contributed by atoms with van der Waals surface area (Å²) in [6.07, 6.45) is -0.0395. The summed E-state index contributed by atoms with van der Waals surface area (Å²) in [6, 6.07) is 18.0. The van der Waals surface area contributed by atoms with Crippen molar-refractivity contribution in [1.29, 1.82) is 0 Å². The summed E-state index contributed by atoms with van der Waals surface area (Å²) in [6.45, 7) is 1.87. The average molecular weight is 438 g/mol. The molecule has 0 saturated heterocycles. The van der Waals surface area contributed by atoms with E-state index in [4.69, 9.17) is 9.15 Å². The number of carboxylic acid groups (broad SMARTS) is 1. The average Bonchev–Trinajstić information content (AvgIpc) is 3.22. The number of para-hydroxylation sites is 1. The van der Waals surface area contributed by atoms with Crippen molar-refractivity contribution in [2.24, 2.45) is 0 Å². The van der Waals surface area contributed by atoms with Crippen molar-refractivity contribution in [2.75, 3.05) is 13.6 Å². The highest BCUT2D eigenvalue weighted by Crippen LogP contribution is 2.21. The van der Waals surface area contributed by atoms with Crippen LogP contribution in [0.3, 0.4) is 0 Å². The number of benzene rings is 2. The first-order valence-corrected chi connectivity index (χ1v) is 10.2. The van der Waals surface area contributed by atoms with Crippen molar-refractivity contribution in [3.8, 4) is 0 Å². The summed E-state index contributed by atoms with van der Waals surface area (Å²) in [7, 11) is 1.58. The normalized spacial score (nSPS) is 12.7. The van der Waals surface area contributed by atoms with Crippen LogP contribution in [0.4, 0.5) is 4.79 Å². The standard InChI is InChI=1S/C24H26N2O6/c1-24(22(28)29,25-21(27)20-15-18-11-6-7-12-19(18)32-20)13-8-14-26(2)23(30)31-16-17-9-4-3-5-10-17/h3-7,9-12,15H,8,13-14,16H2,1-2H3,(H,25,27)(H,28,29)/t24-/m0/s1. The van der Waals surface area contributed by atoms with Gasteiger partial charge in [-0.1, -0.05) is 48.5 Å². The van der Waals surface area contributed by atoms with Crippen LogP contribution < -0.4 is 5.32 Å². The molecule has 168 valence electrons. The molecule has 0 radical (unpaired) electrons. The van der Waals surface area contributed by atoms with Crippen molar-refractivity contribution in [3.05, 3.63) is 72.0 Å². The molecule has 3 aromatic rings. The minimum absolute atomic E-state index is 0.0419. The highest BCUT2D eigenvalue weighted by Gasteiger charge is 2.35. The van der Waals surface area contributed by atoms with Crippen LogP contribution in [0.15, 0.2) is 65.1 Å². The van der Waals surface area contributed by atoms with Gasteiger partial charge in [0.2, 0.25) is 0 Å². The van der Waals surface area contributed by atoms with E-state index < -0.39 is 23.5 Å². The van der Waals surface area contributed by atoms with Crippen LogP contribution in [0.2, 0.25) is 0 Å². The highest BCUT2D eigenvalue weighted by atomic mass is 16.6. The molecule has 0 aliphatic carbocycles. The number of nitrogens with one attached hydrogen (secondary N) is 1. The van der Waals surface area contributed by atoms with Gasteiger partial charge in [-0.3, -0.25) is 4.79 Å². The lowest BCUT2D eigenvalue weighted by atomic mass is 9.95. The predicted molar refractivity (Wildman–Crippen MR) is 118 cm³/mol. The van der Waals surface area contributed by atoms with E-state index in [1.54, 1.807) is 31.3 Å². The van der Waals surface area contributed by atoms with E-state index in [2.05, 4.69) is 5.32 Å². The number of carbonyl (C=O) groups excluding carboxylic acids is 2. The van der Waals surface area contributed by atoms with E-state index >= 15 is 0 Å². The SMILES string of the molecule is CN(CCC[C@](C)(NC(=O)c1cc2ccccc2o1)C(=O)O)C(=O)OCc1ccccc1. The first-order chi connectivity index (χ1) is 15.3. The number of hydrogen-bond donors (Lipinski definition) is 2. The van der Waals surface area contributed by atoms with Gasteiger partial charge in [-0.2, -0.15) is 0 Å². The Kier molecular flexibility index (Phi) is 7.14. The summed E-state index contributed by atoms with van der Waals surface area (Å²) < 4.78 is 10.8. The molecule has 0 unspecified atom stereocenters. The third-order valence-corrected chi connectivity index (χ3v) is 5.20. The van der Waals surface area contributed by atoms with Gasteiger partial charge in [-0.25, -0.2) is 9.59 Å². The van der Waals surface area contributed by atoms with Gasteiger partial charge in [0.15, 0.2) is 5.76 Å². The van der Waals surface area contributed by atoms with Gasteiger partial charge in [0.25, 0.3) is 5.91 Å². The first kappa shape index (κ1) is 22.9. The minimum Gasteiger partial charge on any atom is -0.480 e. The van der Waals surface area contributed by atoms with Gasteiger partial charge in [0.05, 0.1) is 0 Å². The van der Waals surface area contributed by atoms with E-state index in [1.165, 1.54) is 11.8 Å². The molecule has 0 fully saturated rings. The second kappa shape index (κ2) is 10.00. The molecule has 1 heterocycles. The lowest BCUT2D eigenvalue weighted by molar-refractivity contribution is -0.144. The molecule has 0 spiro atoms. The number of aliphatic carboxylic acids is 1. The third-order valence-electron chi connectivity index (χ3n) is 5.20. The monoisotopic (exact) mass is 438 g/mol. The molecule has 0 saturated carbocycles. The fourth-order valence-electron chi connectivity index (χ4n) is 3.22. The topological polar surface area (TPSA) is 109 Å². The molecule has 2 amide bonds. The summed E-state index contributed by atoms with van der Waals surface area (Å²) >= 11 is 0. The Morgan fingerprint density at radius 1 is 1.09 bits per heavy atom. The van der Waals surface area contributed by atoms with Gasteiger partial charge in [0, 0.05) is 19.0 Å². The van der Waals surface area contributed by atoms with Crippen LogP contribution >= 0.6 is 0 Å². The number of amides is 2. The maximum absolute atomic E-state index is 12.6. The molecule has 3 rings (SSSR count). The zero-order valence-corrected chi connectivity index (χ0v) is 18.0. The van der Waals surface area contributed by atoms with E-state index in [-0.39, 0.29) is 25.3 Å². The predicted octanol–water partition coefficient (Wildman–Crippen LogP) is 4.05. The van der Waals surface area contributed by atoms with Crippen molar-refractivity contribution in [2.45, 2.75) is 31.9 Å². The number of ether oxygens (including phenoxy) is 1. The molecule has 0 aliphatic rings. The number of fused-ring (bicyclic) bond motifs is 1. The zero-order valence-electron chi connectivity index (χ0n) is 18.0. The summed E-state index contributed by atoms with van der Waals surface area (Å²) in [5, 5.41) is 13.0. The molecular weight excluding hydrogens is 412 g/mol. The van der Waals surface area contributed by atoms with Gasteiger partial charge in [0.1, 0.15) is 17.7 Å². The minimum atomic E-state index is -1.52. The smallest absolute Gasteiger partial charge is 0.409 e. The van der Waals surface area contributed by atoms with E-state index in [1.807, 2.05) is 36.4 Å². The second-order valence-electron chi connectivity index (χ2n) is 7.81. The number of nitrogens with zero attached hydrogens (tertiary/aromatic N) is 1. The van der Waals surface area contributed by atoms with Crippen LogP contribution in [0.5, 0.6) is 0 Å². The van der Waals surface area contributed by atoms with Crippen LogP contribution in [-0.2, 0) is 16.1 Å². The van der Waals surface area contributed by atoms with Crippen LogP contribution in [0.25, 0.3) is 11.0 Å². The highest BCUT2D eigenvalue weighted by molar-refractivity contribution is 5.98. The Balaban J connectivity index is 1.52. The van der Waals surface area contributed by atoms with Crippen molar-refractivity contribution < 1.29 is 28.6 Å². The molecule has 1 atom stereocenters. The Labute approximate surface area is 185 Å². The molecule has 1 aromatic heterocycles. The molecule has 8 nitrogen and oxygen atoms in total. The van der Waals surface area contributed by atoms with Gasteiger partial charge >= 0.3 is 12.1 Å². The van der Waals surface area contributed by atoms with E-state index in [0.717, 1.165) is 10.9 Å². The zero-order chi connectivity index (χ0) is 23.1. The third kappa shape index (κ3) is 5.66. The Bertz CT molecular complexity index is 1060. The van der Waals surface area contributed by atoms with Crippen molar-refractivity contribution >= 4 is 28.9 Å². The summed E-state index contributed by atoms with van der Waals surface area (Å²) in [5.74, 6) is -1.74. The number of carbonyl (C=O) groups is 3. The Hall–Kier alpha value is -3.81. The molecule has 8 heteroatoms. The maximum Gasteiger partial charge on any atom is 0.409 e. The number of hydrogen-bond acceptors (Lipinski definition) is 5. The fraction of sp³-hybridized carbons (Fsp3) is 0.292. The van der Waals surface area contributed by atoms with Gasteiger partial charge in [-0.15, -0.1) is 0 Å². The van der Waals surface area contributed by atoms with Crippen molar-refractivity contribution in [3.63, 3.8) is 0 Å². The van der Waals surface area contributed by atoms with Gasteiger partial charge in [-0.05, 0) is 37.5 Å². The number of furan rings is 1. The van der Waals surface area contributed by atoms with Crippen LogP contribution in [-0.4, -0.2) is 47.1 Å². The largest absolute Gasteiger partial charge is 0.480 e. The van der Waals surface area contributed by atoms with Crippen LogP contribution in [0, 0.1) is 0 Å². The lowest BCUT2D eigenvalue weighted by Crippen LogP contribution is -2.52. The van der Waals surface area contributed by atoms with E-state index in [0.29, 0.717) is 12.0 Å². The maximum atomic E-state index is 12.6. The molecule has 2 N–H and O–H groups in total. The van der Waals surface area contributed by atoms with E-state index in [9.17, 15) is 19.5 Å². The fourth-order valence-corrected chi connectivity index (χ4v) is 3.22. The van der Waals surface area contributed by atoms with Crippen molar-refractivity contribution in [1.82, 2.24) is 10.2 Å². The summed E-state index contributed by atoms with van der Waals surface area (Å²) in [4.78, 5) is 38.0. The molecule has 2 aromatic carbocycles. The van der Waals surface area contributed by atoms with Gasteiger partial charge < -0.3 is 24.5 Å². The Morgan fingerprint density at radius 2 is 1.78 bits per heavy atom. The summed E-state index contributed by atoms with van der Waals surface area (Å²) in [5.41, 5.74) is -0.100. The molecule has 0 bridgehead atoms. The molecular formula is C24H26N2O6. The lowest BCUT2D eigenvalue weighted by Gasteiger charge is -2.27. The quantitative estimate of drug-likeness (QED) is 0.522. The second-order valence-corrected chi connectivity index (χ2v) is 7.81.